The van der Waals surface area contributed by atoms with Crippen LogP contribution in [0, 0.1) is 11.7 Å². The van der Waals surface area contributed by atoms with Crippen LogP contribution in [0.25, 0.3) is 0 Å². The summed E-state index contributed by atoms with van der Waals surface area (Å²) in [6, 6.07) is 3.02. The summed E-state index contributed by atoms with van der Waals surface area (Å²) in [5.41, 5.74) is 6.91. The zero-order valence-electron chi connectivity index (χ0n) is 12.4. The van der Waals surface area contributed by atoms with Crippen molar-refractivity contribution < 1.29 is 4.39 Å². The van der Waals surface area contributed by atoms with E-state index >= 15 is 0 Å². The zero-order chi connectivity index (χ0) is 14.4. The minimum Gasteiger partial charge on any atom is -0.323 e. The molecule has 20 heavy (non-hydrogen) atoms. The molecule has 1 aliphatic heterocycles. The summed E-state index contributed by atoms with van der Waals surface area (Å²) in [4.78, 5) is 6.56. The van der Waals surface area contributed by atoms with Gasteiger partial charge in [0.1, 0.15) is 5.82 Å². The molecule has 1 aromatic rings. The van der Waals surface area contributed by atoms with Crippen LogP contribution in [0.5, 0.6) is 0 Å². The van der Waals surface area contributed by atoms with Crippen molar-refractivity contribution in [3.63, 3.8) is 0 Å². The van der Waals surface area contributed by atoms with Crippen LogP contribution in [0.2, 0.25) is 0 Å². The van der Waals surface area contributed by atoms with Gasteiger partial charge < -0.3 is 10.6 Å². The van der Waals surface area contributed by atoms with Gasteiger partial charge >= 0.3 is 0 Å². The van der Waals surface area contributed by atoms with Crippen LogP contribution in [0.4, 0.5) is 4.39 Å². The van der Waals surface area contributed by atoms with Crippen molar-refractivity contribution in [1.82, 2.24) is 9.88 Å². The highest BCUT2D eigenvalue weighted by Gasteiger charge is 2.19. The number of nitrogens with two attached hydrogens (primary N) is 1. The molecule has 0 saturated carbocycles. The van der Waals surface area contributed by atoms with Gasteiger partial charge in [-0.2, -0.15) is 0 Å². The van der Waals surface area contributed by atoms with Gasteiger partial charge in [0.25, 0.3) is 0 Å². The third-order valence-corrected chi connectivity index (χ3v) is 4.29. The Morgan fingerprint density at radius 1 is 1.40 bits per heavy atom. The molecule has 0 amide bonds. The van der Waals surface area contributed by atoms with E-state index in [1.165, 1.54) is 51.0 Å². The van der Waals surface area contributed by atoms with E-state index in [9.17, 15) is 4.39 Å². The Kier molecular flexibility index (Phi) is 5.92. The molecule has 2 N–H and O–H groups in total. The highest BCUT2D eigenvalue weighted by Crippen LogP contribution is 2.22. The van der Waals surface area contributed by atoms with Crippen LogP contribution in [0.15, 0.2) is 18.3 Å². The molecule has 1 aliphatic rings. The quantitative estimate of drug-likeness (QED) is 0.870. The van der Waals surface area contributed by atoms with E-state index in [1.807, 2.05) is 0 Å². The summed E-state index contributed by atoms with van der Waals surface area (Å²) < 4.78 is 12.8. The van der Waals surface area contributed by atoms with E-state index < -0.39 is 0 Å². The Balaban J connectivity index is 1.71. The van der Waals surface area contributed by atoms with Gasteiger partial charge in [-0.15, -0.1) is 0 Å². The summed E-state index contributed by atoms with van der Waals surface area (Å²) >= 11 is 0. The molecule has 0 spiro atoms. The Morgan fingerprint density at radius 2 is 2.15 bits per heavy atom. The zero-order valence-corrected chi connectivity index (χ0v) is 12.4. The Morgan fingerprint density at radius 3 is 2.75 bits per heavy atom. The van der Waals surface area contributed by atoms with Crippen molar-refractivity contribution in [1.29, 1.82) is 0 Å². The summed E-state index contributed by atoms with van der Waals surface area (Å²) in [6.07, 6.45) is 7.43. The maximum absolute atomic E-state index is 12.8. The first-order valence-electron chi connectivity index (χ1n) is 7.78. The largest absolute Gasteiger partial charge is 0.323 e. The van der Waals surface area contributed by atoms with Gasteiger partial charge in [0, 0.05) is 6.04 Å². The fourth-order valence-corrected chi connectivity index (χ4v) is 2.98. The third-order valence-electron chi connectivity index (χ3n) is 4.29. The van der Waals surface area contributed by atoms with Gasteiger partial charge in [-0.3, -0.25) is 4.98 Å². The second-order valence-corrected chi connectivity index (χ2v) is 5.87. The molecule has 4 heteroatoms. The fourth-order valence-electron chi connectivity index (χ4n) is 2.98. The first-order chi connectivity index (χ1) is 9.69. The molecule has 0 bridgehead atoms. The summed E-state index contributed by atoms with van der Waals surface area (Å²) in [5, 5.41) is 0. The van der Waals surface area contributed by atoms with Crippen molar-refractivity contribution in [2.75, 3.05) is 19.6 Å². The van der Waals surface area contributed by atoms with E-state index in [4.69, 9.17) is 5.73 Å². The molecule has 2 heterocycles. The number of pyridine rings is 1. The predicted octanol–water partition coefficient (Wildman–Crippen LogP) is 3.12. The lowest BCUT2D eigenvalue weighted by Gasteiger charge is -2.32. The molecule has 2 rings (SSSR count). The molecule has 1 aromatic heterocycles. The second-order valence-electron chi connectivity index (χ2n) is 5.87. The molecular formula is C16H26FN3. The molecule has 3 nitrogen and oxygen atoms in total. The first kappa shape index (κ1) is 15.4. The smallest absolute Gasteiger partial charge is 0.141 e. The summed E-state index contributed by atoms with van der Waals surface area (Å²) in [6.45, 7) is 5.66. The third kappa shape index (κ3) is 4.53. The van der Waals surface area contributed by atoms with E-state index in [0.717, 1.165) is 24.6 Å². The van der Waals surface area contributed by atoms with Crippen LogP contribution in [-0.4, -0.2) is 29.5 Å². The Labute approximate surface area is 121 Å². The van der Waals surface area contributed by atoms with Crippen molar-refractivity contribution in [3.05, 3.63) is 29.8 Å². The lowest BCUT2D eigenvalue weighted by atomic mass is 9.92. The maximum atomic E-state index is 12.8. The van der Waals surface area contributed by atoms with Crippen LogP contribution < -0.4 is 5.73 Å². The number of halogens is 1. The van der Waals surface area contributed by atoms with E-state index in [0.29, 0.717) is 0 Å². The van der Waals surface area contributed by atoms with Gasteiger partial charge in [0.15, 0.2) is 0 Å². The average molecular weight is 279 g/mol. The minimum absolute atomic E-state index is 0.0936. The lowest BCUT2D eigenvalue weighted by molar-refractivity contribution is 0.173. The molecule has 112 valence electrons. The van der Waals surface area contributed by atoms with Gasteiger partial charge in [-0.1, -0.05) is 19.8 Å². The molecule has 0 radical (unpaired) electrons. The molecule has 0 aromatic carbocycles. The number of hydrogen-bond donors (Lipinski definition) is 1. The van der Waals surface area contributed by atoms with Crippen LogP contribution >= 0.6 is 0 Å². The standard InChI is InChI=1S/C16H26FN3/c1-2-3-13-6-9-20(10-7-13)11-8-15(18)16-5-4-14(17)12-19-16/h4-5,12-13,15H,2-3,6-11,18H2,1H3. The molecule has 1 unspecified atom stereocenters. The van der Waals surface area contributed by atoms with Crippen LogP contribution in [-0.2, 0) is 0 Å². The van der Waals surface area contributed by atoms with Crippen molar-refractivity contribution in [2.45, 2.75) is 45.1 Å². The molecule has 0 aliphatic carbocycles. The number of nitrogens with zero attached hydrogens (tertiary/aromatic N) is 2. The Hall–Kier alpha value is -1.00. The summed E-state index contributed by atoms with van der Waals surface area (Å²) in [5.74, 6) is 0.614. The van der Waals surface area contributed by atoms with Gasteiger partial charge in [0.05, 0.1) is 11.9 Å². The maximum Gasteiger partial charge on any atom is 0.141 e. The number of likely N-dealkylation sites (tertiary alicyclic amines) is 1. The number of hydrogen-bond acceptors (Lipinski definition) is 3. The monoisotopic (exact) mass is 279 g/mol. The topological polar surface area (TPSA) is 42.1 Å². The van der Waals surface area contributed by atoms with Crippen LogP contribution in [0.3, 0.4) is 0 Å². The van der Waals surface area contributed by atoms with E-state index in [1.54, 1.807) is 6.07 Å². The highest BCUT2D eigenvalue weighted by molar-refractivity contribution is 5.09. The molecular weight excluding hydrogens is 253 g/mol. The number of piperidine rings is 1. The Bertz CT molecular complexity index is 385. The highest BCUT2D eigenvalue weighted by atomic mass is 19.1. The van der Waals surface area contributed by atoms with E-state index in [2.05, 4.69) is 16.8 Å². The first-order valence-corrected chi connectivity index (χ1v) is 7.78. The van der Waals surface area contributed by atoms with Gasteiger partial charge in [-0.25, -0.2) is 4.39 Å². The minimum atomic E-state index is -0.307. The van der Waals surface area contributed by atoms with Crippen molar-refractivity contribution in [3.8, 4) is 0 Å². The molecule has 1 atom stereocenters. The van der Waals surface area contributed by atoms with Gasteiger partial charge in [-0.05, 0) is 56.9 Å². The number of rotatable bonds is 6. The van der Waals surface area contributed by atoms with Crippen molar-refractivity contribution >= 4 is 0 Å². The normalized spacial score (nSPS) is 19.1. The predicted molar refractivity (Wildman–Crippen MR) is 79.8 cm³/mol. The molecule has 1 saturated heterocycles. The lowest BCUT2D eigenvalue weighted by Crippen LogP contribution is -2.35. The van der Waals surface area contributed by atoms with E-state index in [-0.39, 0.29) is 11.9 Å². The SMILES string of the molecule is CCCC1CCN(CCC(N)c2ccc(F)cn2)CC1. The summed E-state index contributed by atoms with van der Waals surface area (Å²) in [7, 11) is 0. The number of aromatic nitrogens is 1. The molecule has 1 fully saturated rings. The van der Waals surface area contributed by atoms with Crippen LogP contribution in [0.1, 0.15) is 50.8 Å². The fraction of sp³-hybridized carbons (Fsp3) is 0.688. The second kappa shape index (κ2) is 7.70. The van der Waals surface area contributed by atoms with Crippen molar-refractivity contribution in [2.24, 2.45) is 11.7 Å². The average Bonchev–Trinajstić information content (AvgIpc) is 2.47. The van der Waals surface area contributed by atoms with Gasteiger partial charge in [0.2, 0.25) is 0 Å².